The van der Waals surface area contributed by atoms with Crippen LogP contribution in [-0.2, 0) is 4.74 Å². The van der Waals surface area contributed by atoms with Gasteiger partial charge >= 0.3 is 0 Å². The van der Waals surface area contributed by atoms with E-state index < -0.39 is 17.3 Å². The number of methoxy groups -OCH3 is 1. The molecule has 5 heteroatoms. The Morgan fingerprint density at radius 2 is 2.18 bits per heavy atom. The highest BCUT2D eigenvalue weighted by Crippen LogP contribution is 2.16. The van der Waals surface area contributed by atoms with Gasteiger partial charge in [0.25, 0.3) is 5.91 Å². The van der Waals surface area contributed by atoms with Crippen molar-refractivity contribution < 1.29 is 13.9 Å². The fraction of sp³-hybridized carbons (Fsp3) is 0.417. The number of nitrogens with one attached hydrogen (secondary N) is 1. The van der Waals surface area contributed by atoms with Gasteiger partial charge < -0.3 is 10.1 Å². The maximum atomic E-state index is 13.5. The summed E-state index contributed by atoms with van der Waals surface area (Å²) < 4.78 is 19.1. The first kappa shape index (κ1) is 14.1. The third kappa shape index (κ3) is 4.09. The average Bonchev–Trinajstić information content (AvgIpc) is 2.20. The van der Waals surface area contributed by atoms with Crippen LogP contribution in [0.25, 0.3) is 0 Å². The maximum absolute atomic E-state index is 13.5. The van der Waals surface area contributed by atoms with Crippen LogP contribution in [0.4, 0.5) is 4.39 Å². The molecule has 0 aromatic heterocycles. The second-order valence-electron chi connectivity index (χ2n) is 4.40. The summed E-state index contributed by atoms with van der Waals surface area (Å²) >= 11 is 3.20. The van der Waals surface area contributed by atoms with Gasteiger partial charge in [-0.05, 0) is 32.0 Å². The molecule has 0 atom stereocenters. The van der Waals surface area contributed by atoms with E-state index >= 15 is 0 Å². The van der Waals surface area contributed by atoms with Gasteiger partial charge in [-0.3, -0.25) is 4.79 Å². The summed E-state index contributed by atoms with van der Waals surface area (Å²) in [6, 6.07) is 4.25. The van der Waals surface area contributed by atoms with Gasteiger partial charge in [0.15, 0.2) is 0 Å². The Hall–Kier alpha value is -0.940. The van der Waals surface area contributed by atoms with Crippen molar-refractivity contribution in [1.82, 2.24) is 5.32 Å². The quantitative estimate of drug-likeness (QED) is 0.929. The summed E-state index contributed by atoms with van der Waals surface area (Å²) in [7, 11) is 1.55. The molecule has 0 spiro atoms. The number of hydrogen-bond acceptors (Lipinski definition) is 2. The van der Waals surface area contributed by atoms with E-state index in [4.69, 9.17) is 4.74 Å². The molecular weight excluding hydrogens is 289 g/mol. The zero-order valence-corrected chi connectivity index (χ0v) is 11.6. The Kier molecular flexibility index (Phi) is 4.65. The molecule has 0 fully saturated rings. The van der Waals surface area contributed by atoms with E-state index in [0.717, 1.165) is 0 Å². The van der Waals surface area contributed by atoms with Crippen molar-refractivity contribution >= 4 is 21.8 Å². The normalized spacial score (nSPS) is 11.4. The number of carbonyl (C=O) groups is 1. The fourth-order valence-electron chi connectivity index (χ4n) is 1.44. The number of benzene rings is 1. The molecule has 1 amide bonds. The van der Waals surface area contributed by atoms with Gasteiger partial charge in [-0.2, -0.15) is 0 Å². The second kappa shape index (κ2) is 5.60. The van der Waals surface area contributed by atoms with Gasteiger partial charge in [0, 0.05) is 11.6 Å². The van der Waals surface area contributed by atoms with Crippen molar-refractivity contribution in [2.45, 2.75) is 19.4 Å². The monoisotopic (exact) mass is 303 g/mol. The first-order chi connectivity index (χ1) is 7.85. The molecule has 1 aromatic rings. The van der Waals surface area contributed by atoms with Crippen LogP contribution in [-0.4, -0.2) is 25.2 Å². The molecule has 1 aromatic carbocycles. The molecule has 17 heavy (non-hydrogen) atoms. The van der Waals surface area contributed by atoms with Crippen LogP contribution in [0, 0.1) is 5.82 Å². The van der Waals surface area contributed by atoms with Crippen molar-refractivity contribution in [1.29, 1.82) is 0 Å². The van der Waals surface area contributed by atoms with E-state index in [2.05, 4.69) is 21.2 Å². The number of hydrogen-bond donors (Lipinski definition) is 1. The first-order valence-electron chi connectivity index (χ1n) is 5.12. The molecule has 0 saturated carbocycles. The van der Waals surface area contributed by atoms with Crippen LogP contribution in [0.2, 0.25) is 0 Å². The van der Waals surface area contributed by atoms with Crippen molar-refractivity contribution in [3.8, 4) is 0 Å². The molecule has 1 rings (SSSR count). The molecular formula is C12H15BrFNO2. The zero-order chi connectivity index (χ0) is 13.1. The summed E-state index contributed by atoms with van der Waals surface area (Å²) in [5.74, 6) is -0.996. The number of halogens is 2. The fourth-order valence-corrected chi connectivity index (χ4v) is 1.80. The minimum Gasteiger partial charge on any atom is -0.382 e. The zero-order valence-electron chi connectivity index (χ0n) is 10.0. The molecule has 0 aliphatic carbocycles. The summed E-state index contributed by atoms with van der Waals surface area (Å²) in [4.78, 5) is 11.9. The van der Waals surface area contributed by atoms with Crippen molar-refractivity contribution in [2.75, 3.05) is 13.7 Å². The highest BCUT2D eigenvalue weighted by Gasteiger charge is 2.22. The van der Waals surface area contributed by atoms with Crippen LogP contribution in [0.5, 0.6) is 0 Å². The lowest BCUT2D eigenvalue weighted by Crippen LogP contribution is -2.47. The Labute approximate surface area is 108 Å². The number of carbonyl (C=O) groups excluding carboxylic acids is 1. The Morgan fingerprint density at radius 1 is 1.53 bits per heavy atom. The van der Waals surface area contributed by atoms with E-state index in [1.807, 2.05) is 13.8 Å². The topological polar surface area (TPSA) is 38.3 Å². The molecule has 3 nitrogen and oxygen atoms in total. The molecule has 1 N–H and O–H groups in total. The summed E-state index contributed by atoms with van der Waals surface area (Å²) in [5.41, 5.74) is -0.524. The molecule has 0 aliphatic rings. The number of rotatable bonds is 4. The van der Waals surface area contributed by atoms with Gasteiger partial charge in [-0.1, -0.05) is 15.9 Å². The number of ether oxygens (including phenoxy) is 1. The second-order valence-corrected chi connectivity index (χ2v) is 5.31. The Balaban J connectivity index is 2.86. The molecule has 0 radical (unpaired) electrons. The number of amides is 1. The van der Waals surface area contributed by atoms with Gasteiger partial charge in [-0.15, -0.1) is 0 Å². The van der Waals surface area contributed by atoms with Crippen LogP contribution < -0.4 is 5.32 Å². The predicted molar refractivity (Wildman–Crippen MR) is 67.5 cm³/mol. The molecule has 0 unspecified atom stereocenters. The van der Waals surface area contributed by atoms with Crippen LogP contribution in [0.1, 0.15) is 24.2 Å². The maximum Gasteiger partial charge on any atom is 0.254 e. The smallest absolute Gasteiger partial charge is 0.254 e. The van der Waals surface area contributed by atoms with Crippen molar-refractivity contribution in [2.24, 2.45) is 0 Å². The van der Waals surface area contributed by atoms with E-state index in [0.29, 0.717) is 11.1 Å². The highest BCUT2D eigenvalue weighted by molar-refractivity contribution is 9.10. The van der Waals surface area contributed by atoms with E-state index in [9.17, 15) is 9.18 Å². The Bertz CT molecular complexity index is 421. The van der Waals surface area contributed by atoms with Gasteiger partial charge in [-0.25, -0.2) is 4.39 Å². The van der Waals surface area contributed by atoms with Gasteiger partial charge in [0.05, 0.1) is 17.7 Å². The van der Waals surface area contributed by atoms with Crippen molar-refractivity contribution in [3.63, 3.8) is 0 Å². The van der Waals surface area contributed by atoms with Crippen molar-refractivity contribution in [3.05, 3.63) is 34.1 Å². The molecule has 0 bridgehead atoms. The first-order valence-corrected chi connectivity index (χ1v) is 5.91. The lowest BCUT2D eigenvalue weighted by molar-refractivity contribution is 0.0816. The summed E-state index contributed by atoms with van der Waals surface area (Å²) in [5, 5.41) is 2.72. The SMILES string of the molecule is COCC(C)(C)NC(=O)c1cc(Br)ccc1F. The lowest BCUT2D eigenvalue weighted by atomic mass is 10.1. The van der Waals surface area contributed by atoms with E-state index in [1.165, 1.54) is 12.1 Å². The molecule has 0 saturated heterocycles. The molecule has 0 heterocycles. The third-order valence-corrected chi connectivity index (χ3v) is 2.62. The minimum atomic E-state index is -0.543. The van der Waals surface area contributed by atoms with Crippen LogP contribution in [0.15, 0.2) is 22.7 Å². The average molecular weight is 304 g/mol. The minimum absolute atomic E-state index is 0.0172. The molecule has 0 aliphatic heterocycles. The lowest BCUT2D eigenvalue weighted by Gasteiger charge is -2.25. The summed E-state index contributed by atoms with van der Waals surface area (Å²) in [6.07, 6.45) is 0. The summed E-state index contributed by atoms with van der Waals surface area (Å²) in [6.45, 7) is 3.98. The predicted octanol–water partition coefficient (Wildman–Crippen LogP) is 2.74. The highest BCUT2D eigenvalue weighted by atomic mass is 79.9. The van der Waals surface area contributed by atoms with E-state index in [-0.39, 0.29) is 5.56 Å². The largest absolute Gasteiger partial charge is 0.382 e. The van der Waals surface area contributed by atoms with Gasteiger partial charge in [0.2, 0.25) is 0 Å². The Morgan fingerprint density at radius 3 is 2.76 bits per heavy atom. The van der Waals surface area contributed by atoms with Crippen LogP contribution >= 0.6 is 15.9 Å². The molecule has 94 valence electrons. The van der Waals surface area contributed by atoms with E-state index in [1.54, 1.807) is 13.2 Å². The van der Waals surface area contributed by atoms with Gasteiger partial charge in [0.1, 0.15) is 5.82 Å². The van der Waals surface area contributed by atoms with Crippen LogP contribution in [0.3, 0.4) is 0 Å². The third-order valence-electron chi connectivity index (χ3n) is 2.13. The standard InChI is InChI=1S/C12H15BrFNO2/c1-12(2,7-17-3)15-11(16)9-6-8(13)4-5-10(9)14/h4-6H,7H2,1-3H3,(H,15,16).